The highest BCUT2D eigenvalue weighted by atomic mass is 35.5. The Labute approximate surface area is 149 Å². The molecule has 0 radical (unpaired) electrons. The molecule has 3 nitrogen and oxygen atoms in total. The number of carbonyl (C=O) groups excluding carboxylic acids is 1. The van der Waals surface area contributed by atoms with E-state index in [4.69, 9.17) is 21.1 Å². The maximum absolute atomic E-state index is 11.1. The van der Waals surface area contributed by atoms with E-state index in [0.29, 0.717) is 19.6 Å². The molecule has 0 aliphatic carbocycles. The molecule has 0 amide bonds. The molecule has 4 heteroatoms. The highest BCUT2D eigenvalue weighted by Crippen LogP contribution is 2.36. The van der Waals surface area contributed by atoms with Crippen LogP contribution in [0.15, 0.2) is 30.3 Å². The van der Waals surface area contributed by atoms with Gasteiger partial charge in [0.1, 0.15) is 0 Å². The summed E-state index contributed by atoms with van der Waals surface area (Å²) in [6.45, 7) is 6.35. The number of Topliss-reactive ketones (excluding diaryl/α,β-unsaturated/α-hetero) is 1. The van der Waals surface area contributed by atoms with E-state index in [1.54, 1.807) is 0 Å². The van der Waals surface area contributed by atoms with E-state index < -0.39 is 5.79 Å². The van der Waals surface area contributed by atoms with Gasteiger partial charge in [-0.15, -0.1) is 0 Å². The zero-order valence-corrected chi connectivity index (χ0v) is 15.2. The average molecular weight is 347 g/mol. The van der Waals surface area contributed by atoms with Crippen molar-refractivity contribution in [3.8, 4) is 11.8 Å². The van der Waals surface area contributed by atoms with Crippen molar-refractivity contribution >= 4 is 23.5 Å². The summed E-state index contributed by atoms with van der Waals surface area (Å²) in [5, 5.41) is 0.719. The van der Waals surface area contributed by atoms with E-state index in [1.807, 2.05) is 44.2 Å². The van der Waals surface area contributed by atoms with Gasteiger partial charge in [-0.1, -0.05) is 47.9 Å². The lowest BCUT2D eigenvalue weighted by Gasteiger charge is -2.42. The van der Waals surface area contributed by atoms with Crippen molar-refractivity contribution in [3.63, 3.8) is 0 Å². The second-order valence-corrected chi connectivity index (χ2v) is 7.05. The Morgan fingerprint density at radius 1 is 1.29 bits per heavy atom. The lowest BCUT2D eigenvalue weighted by molar-refractivity contribution is -0.284. The predicted molar refractivity (Wildman–Crippen MR) is 96.6 cm³/mol. The topological polar surface area (TPSA) is 35.5 Å². The van der Waals surface area contributed by atoms with Gasteiger partial charge in [0, 0.05) is 23.8 Å². The van der Waals surface area contributed by atoms with Gasteiger partial charge in [0.2, 0.25) is 5.78 Å². The van der Waals surface area contributed by atoms with Crippen LogP contribution < -0.4 is 0 Å². The molecule has 1 aliphatic rings. The summed E-state index contributed by atoms with van der Waals surface area (Å²) in [6.07, 6.45) is 5.36. The third-order valence-corrected chi connectivity index (χ3v) is 4.28. The Morgan fingerprint density at radius 3 is 2.58 bits per heavy atom. The van der Waals surface area contributed by atoms with Gasteiger partial charge in [-0.3, -0.25) is 4.79 Å². The number of ether oxygens (including phenoxy) is 2. The minimum absolute atomic E-state index is 0.130. The molecule has 0 N–H and O–H groups in total. The Bertz CT molecular complexity index is 670. The first-order chi connectivity index (χ1) is 11.3. The zero-order chi connectivity index (χ0) is 17.6. The lowest BCUT2D eigenvalue weighted by Crippen LogP contribution is -2.46. The molecular weight excluding hydrogens is 324 g/mol. The van der Waals surface area contributed by atoms with Crippen molar-refractivity contribution in [2.45, 2.75) is 39.4 Å². The maximum atomic E-state index is 11.1. The normalized spacial score (nSPS) is 18.8. The molecule has 1 aliphatic heterocycles. The third-order valence-electron chi connectivity index (χ3n) is 3.93. The Morgan fingerprint density at radius 2 is 1.96 bits per heavy atom. The van der Waals surface area contributed by atoms with Gasteiger partial charge in [0.25, 0.3) is 0 Å². The maximum Gasteiger partial charge on any atom is 0.202 e. The number of halogens is 1. The number of carbonyl (C=O) groups is 1. The summed E-state index contributed by atoms with van der Waals surface area (Å²) in [5.74, 6) is 4.86. The molecule has 1 aromatic carbocycles. The van der Waals surface area contributed by atoms with Crippen LogP contribution in [0.5, 0.6) is 0 Å². The Hall–Kier alpha value is -1.60. The van der Waals surface area contributed by atoms with E-state index in [1.165, 1.54) is 6.92 Å². The monoisotopic (exact) mass is 346 g/mol. The predicted octanol–water partition coefficient (Wildman–Crippen LogP) is 4.50. The summed E-state index contributed by atoms with van der Waals surface area (Å²) in [5.41, 5.74) is 0.720. The smallest absolute Gasteiger partial charge is 0.202 e. The highest BCUT2D eigenvalue weighted by molar-refractivity contribution is 6.32. The van der Waals surface area contributed by atoms with E-state index >= 15 is 0 Å². The van der Waals surface area contributed by atoms with E-state index in [-0.39, 0.29) is 11.2 Å². The average Bonchev–Trinajstić information content (AvgIpc) is 2.52. The van der Waals surface area contributed by atoms with E-state index in [2.05, 4.69) is 17.9 Å². The Balaban J connectivity index is 2.10. The molecule has 1 saturated heterocycles. The summed E-state index contributed by atoms with van der Waals surface area (Å²) in [6, 6.07) is 7.70. The van der Waals surface area contributed by atoms with Gasteiger partial charge >= 0.3 is 0 Å². The van der Waals surface area contributed by atoms with Crippen LogP contribution in [0.3, 0.4) is 0 Å². The summed E-state index contributed by atoms with van der Waals surface area (Å²) >= 11 is 6.18. The molecule has 0 bridgehead atoms. The van der Waals surface area contributed by atoms with Crippen molar-refractivity contribution in [1.29, 1.82) is 0 Å². The van der Waals surface area contributed by atoms with Gasteiger partial charge in [-0.2, -0.15) is 0 Å². The lowest BCUT2D eigenvalue weighted by atomic mass is 9.81. The van der Waals surface area contributed by atoms with Crippen molar-refractivity contribution < 1.29 is 14.3 Å². The quantitative estimate of drug-likeness (QED) is 0.595. The van der Waals surface area contributed by atoms with Crippen LogP contribution in [0.25, 0.3) is 6.08 Å². The first kappa shape index (κ1) is 18.7. The molecular formula is C20H23ClO3. The summed E-state index contributed by atoms with van der Waals surface area (Å²) in [4.78, 5) is 11.1. The molecule has 1 heterocycles. The number of allylic oxidation sites excluding steroid dienone is 1. The molecule has 0 unspecified atom stereocenters. The number of rotatable bonds is 4. The molecule has 1 aromatic rings. The van der Waals surface area contributed by atoms with Gasteiger partial charge in [-0.05, 0) is 37.8 Å². The van der Waals surface area contributed by atoms with Gasteiger partial charge in [0.05, 0.1) is 13.2 Å². The molecule has 24 heavy (non-hydrogen) atoms. The highest BCUT2D eigenvalue weighted by Gasteiger charge is 2.38. The van der Waals surface area contributed by atoms with Crippen molar-refractivity contribution in [2.75, 3.05) is 13.2 Å². The van der Waals surface area contributed by atoms with Crippen molar-refractivity contribution in [3.05, 3.63) is 40.9 Å². The molecule has 1 fully saturated rings. The summed E-state index contributed by atoms with van der Waals surface area (Å²) in [7, 11) is 0. The number of benzene rings is 1. The first-order valence-corrected chi connectivity index (χ1v) is 8.38. The largest absolute Gasteiger partial charge is 0.350 e. The van der Waals surface area contributed by atoms with Crippen LogP contribution >= 0.6 is 11.6 Å². The van der Waals surface area contributed by atoms with Crippen LogP contribution in [-0.4, -0.2) is 24.8 Å². The Kier molecular flexibility index (Phi) is 6.23. The first-order valence-electron chi connectivity index (χ1n) is 8.00. The van der Waals surface area contributed by atoms with E-state index in [0.717, 1.165) is 17.0 Å². The fourth-order valence-corrected chi connectivity index (χ4v) is 2.63. The second kappa shape index (κ2) is 7.98. The molecule has 2 rings (SSSR count). The van der Waals surface area contributed by atoms with Gasteiger partial charge in [0.15, 0.2) is 5.79 Å². The fourth-order valence-electron chi connectivity index (χ4n) is 2.43. The number of hydrogen-bond acceptors (Lipinski definition) is 3. The zero-order valence-electron chi connectivity index (χ0n) is 14.4. The van der Waals surface area contributed by atoms with Crippen molar-refractivity contribution in [1.82, 2.24) is 0 Å². The standard InChI is InChI=1S/C20H23ClO3/c1-16(22)8-6-12-20(14-23-19(2,3)24-15-20)13-7-10-17-9-4-5-11-18(17)21/h4-5,7,9-11H,12-15H2,1-3H3. The van der Waals surface area contributed by atoms with Gasteiger partial charge in [-0.25, -0.2) is 0 Å². The van der Waals surface area contributed by atoms with Gasteiger partial charge < -0.3 is 9.47 Å². The molecule has 128 valence electrons. The molecule has 0 spiro atoms. The molecule has 0 atom stereocenters. The van der Waals surface area contributed by atoms with Crippen LogP contribution in [0.1, 0.15) is 39.2 Å². The number of ketones is 1. The SMILES string of the molecule is CC(=O)C#CCC1(CC=Cc2ccccc2Cl)COC(C)(C)OC1. The van der Waals surface area contributed by atoms with Crippen LogP contribution in [0.2, 0.25) is 5.02 Å². The fraction of sp³-hybridized carbons (Fsp3) is 0.450. The summed E-state index contributed by atoms with van der Waals surface area (Å²) < 4.78 is 11.7. The molecule has 0 aromatic heterocycles. The third kappa shape index (κ3) is 5.49. The van der Waals surface area contributed by atoms with Crippen LogP contribution in [0.4, 0.5) is 0 Å². The van der Waals surface area contributed by atoms with E-state index in [9.17, 15) is 4.79 Å². The second-order valence-electron chi connectivity index (χ2n) is 6.64. The minimum Gasteiger partial charge on any atom is -0.350 e. The minimum atomic E-state index is -0.579. The molecule has 0 saturated carbocycles. The number of hydrogen-bond donors (Lipinski definition) is 0. The van der Waals surface area contributed by atoms with Crippen LogP contribution in [0, 0.1) is 17.3 Å². The van der Waals surface area contributed by atoms with Crippen LogP contribution in [-0.2, 0) is 14.3 Å². The van der Waals surface area contributed by atoms with Crippen molar-refractivity contribution in [2.24, 2.45) is 5.41 Å².